The number of hydrogen-bond acceptors (Lipinski definition) is 6. The summed E-state index contributed by atoms with van der Waals surface area (Å²) < 4.78 is 36.7. The van der Waals surface area contributed by atoms with Crippen molar-refractivity contribution in [1.82, 2.24) is 20.3 Å². The summed E-state index contributed by atoms with van der Waals surface area (Å²) in [4.78, 5) is 27.9. The topological polar surface area (TPSA) is 112 Å². The number of H-pyrrole nitrogens is 1. The predicted octanol–water partition coefficient (Wildman–Crippen LogP) is 3.76. The molecule has 0 fully saturated rings. The van der Waals surface area contributed by atoms with Crippen LogP contribution in [0.2, 0.25) is 5.02 Å². The number of aliphatic hydroxyl groups excluding tert-OH is 1. The lowest BCUT2D eigenvalue weighted by Gasteiger charge is -2.09. The van der Waals surface area contributed by atoms with E-state index in [2.05, 4.69) is 25.1 Å². The average molecular weight is 470 g/mol. The van der Waals surface area contributed by atoms with Crippen LogP contribution in [0.4, 0.5) is 19.1 Å². The third kappa shape index (κ3) is 5.96. The number of aliphatic hydroxyl groups is 1. The van der Waals surface area contributed by atoms with Gasteiger partial charge in [0.2, 0.25) is 5.95 Å². The van der Waals surface area contributed by atoms with Crippen LogP contribution < -0.4 is 10.8 Å². The van der Waals surface area contributed by atoms with Crippen LogP contribution >= 0.6 is 11.6 Å². The molecule has 8 nitrogen and oxygen atoms in total. The summed E-state index contributed by atoms with van der Waals surface area (Å²) in [6.45, 7) is -0.0495. The van der Waals surface area contributed by atoms with E-state index in [0.717, 1.165) is 5.56 Å². The monoisotopic (exact) mass is 469 g/mol. The van der Waals surface area contributed by atoms with Crippen molar-refractivity contribution in [2.45, 2.75) is 26.3 Å². The summed E-state index contributed by atoms with van der Waals surface area (Å²) in [5, 5.41) is 13.1. The molecule has 0 aliphatic carbocycles. The minimum absolute atomic E-state index is 0.205. The van der Waals surface area contributed by atoms with Crippen LogP contribution in [-0.4, -0.2) is 38.7 Å². The number of nitrogens with one attached hydrogen (secondary N) is 3. The average Bonchev–Trinajstić information content (AvgIpc) is 3.08. The molecule has 2 aromatic heterocycles. The normalized spacial score (nSPS) is 11.4. The van der Waals surface area contributed by atoms with Crippen LogP contribution in [-0.2, 0) is 18.0 Å². The Morgan fingerprint density at radius 1 is 1.31 bits per heavy atom. The van der Waals surface area contributed by atoms with E-state index < -0.39 is 25.3 Å². The molecule has 1 aromatic carbocycles. The Morgan fingerprint density at radius 2 is 2.09 bits per heavy atom. The maximum Gasteiger partial charge on any atom is 0.414 e. The lowest BCUT2D eigenvalue weighted by Crippen LogP contribution is -2.23. The van der Waals surface area contributed by atoms with Gasteiger partial charge in [-0.2, -0.15) is 13.2 Å². The van der Waals surface area contributed by atoms with Crippen molar-refractivity contribution in [2.24, 2.45) is 0 Å². The summed E-state index contributed by atoms with van der Waals surface area (Å²) in [6.07, 6.45) is -3.20. The molecule has 0 saturated carbocycles. The molecule has 0 aliphatic rings. The van der Waals surface area contributed by atoms with E-state index >= 15 is 0 Å². The van der Waals surface area contributed by atoms with Crippen molar-refractivity contribution >= 4 is 23.5 Å². The van der Waals surface area contributed by atoms with Crippen LogP contribution in [0.5, 0.6) is 0 Å². The summed E-state index contributed by atoms with van der Waals surface area (Å²) in [6, 6.07) is 8.53. The molecule has 12 heteroatoms. The van der Waals surface area contributed by atoms with Crippen LogP contribution in [0.1, 0.15) is 27.3 Å². The number of anilines is 1. The van der Waals surface area contributed by atoms with E-state index in [4.69, 9.17) is 11.6 Å². The highest BCUT2D eigenvalue weighted by atomic mass is 35.5. The highest BCUT2D eigenvalue weighted by Crippen LogP contribution is 2.29. The molecule has 2 heterocycles. The zero-order valence-corrected chi connectivity index (χ0v) is 17.5. The fourth-order valence-corrected chi connectivity index (χ4v) is 3.21. The predicted molar refractivity (Wildman–Crippen MR) is 111 cm³/mol. The second kappa shape index (κ2) is 9.98. The minimum Gasteiger partial charge on any atom is -0.390 e. The number of rotatable bonds is 8. The molecule has 4 N–H and O–H groups in total. The van der Waals surface area contributed by atoms with E-state index in [1.807, 2.05) is 11.5 Å². The molecular weight excluding hydrogens is 451 g/mol. The highest BCUT2D eigenvalue weighted by Gasteiger charge is 2.28. The molecule has 0 saturated heterocycles. The first kappa shape index (κ1) is 23.5. The van der Waals surface area contributed by atoms with Gasteiger partial charge in [0.15, 0.2) is 6.61 Å². The number of halogens is 4. The summed E-state index contributed by atoms with van der Waals surface area (Å²) >= 11 is 5.95. The number of amides is 1. The number of carbonyl (C=O) groups is 1. The van der Waals surface area contributed by atoms with E-state index in [9.17, 15) is 23.1 Å². The number of aromatic amines is 1. The molecule has 32 heavy (non-hydrogen) atoms. The molecule has 3 aromatic rings. The number of benzene rings is 1. The third-order valence-corrected chi connectivity index (χ3v) is 4.60. The first-order chi connectivity index (χ1) is 15.2. The van der Waals surface area contributed by atoms with Crippen molar-refractivity contribution < 1.29 is 27.9 Å². The number of carbonyl (C=O) groups excluding carboxylic acids is 1. The molecule has 1 amide bonds. The molecular formula is C20H19ClF3N5O3. The van der Waals surface area contributed by atoms with Gasteiger partial charge < -0.3 is 15.4 Å². The van der Waals surface area contributed by atoms with Crippen molar-refractivity contribution in [1.29, 1.82) is 0 Å². The Kier molecular flexibility index (Phi) is 7.33. The fraction of sp³-hybridized carbons (Fsp3) is 0.250. The summed E-state index contributed by atoms with van der Waals surface area (Å²) in [5.74, 6) is -0.618. The highest BCUT2D eigenvalue weighted by molar-refractivity contribution is 6.30. The Morgan fingerprint density at radius 3 is 2.78 bits per heavy atom. The third-order valence-electron chi connectivity index (χ3n) is 4.37. The summed E-state index contributed by atoms with van der Waals surface area (Å²) in [7, 11) is 0. The Balaban J connectivity index is 1.79. The second-order valence-corrected chi connectivity index (χ2v) is 7.16. The number of aromatic nitrogens is 3. The quantitative estimate of drug-likeness (QED) is 0.374. The van der Waals surface area contributed by atoms with Gasteiger partial charge in [-0.1, -0.05) is 23.7 Å². The fourth-order valence-electron chi connectivity index (χ4n) is 3.00. The zero-order chi connectivity index (χ0) is 23.3. The molecule has 0 aliphatic heterocycles. The van der Waals surface area contributed by atoms with Crippen molar-refractivity contribution in [3.05, 3.63) is 64.1 Å². The van der Waals surface area contributed by atoms with Crippen LogP contribution in [0.25, 0.3) is 11.3 Å². The van der Waals surface area contributed by atoms with E-state index in [1.54, 1.807) is 25.1 Å². The molecule has 0 atom stereocenters. The number of nitrogens with zero attached hydrogens (tertiary/aromatic N) is 2. The van der Waals surface area contributed by atoms with Gasteiger partial charge in [0.25, 0.3) is 5.91 Å². The molecule has 0 unspecified atom stereocenters. The standard InChI is InChI=1S/C20H19ClF3N5O3/c1-11-16(14-5-6-25-19(28-14)29-32-10-20(22,23)24)15(9-30)27-17(11)18(31)26-8-12-3-2-4-13(21)7-12/h2-7,27,30H,8-10H2,1H3,(H,26,31)(H,25,28,29). The van der Waals surface area contributed by atoms with Gasteiger partial charge in [-0.25, -0.2) is 15.4 Å². The maximum atomic E-state index is 12.7. The van der Waals surface area contributed by atoms with E-state index in [-0.39, 0.29) is 23.9 Å². The first-order valence-corrected chi connectivity index (χ1v) is 9.68. The van der Waals surface area contributed by atoms with Gasteiger partial charge in [0.1, 0.15) is 5.69 Å². The largest absolute Gasteiger partial charge is 0.414 e. The molecule has 170 valence electrons. The van der Waals surface area contributed by atoms with Gasteiger partial charge in [0.05, 0.1) is 18.0 Å². The zero-order valence-electron chi connectivity index (χ0n) is 16.8. The Labute approximate surface area is 185 Å². The molecule has 0 radical (unpaired) electrons. The first-order valence-electron chi connectivity index (χ1n) is 9.31. The van der Waals surface area contributed by atoms with Crippen molar-refractivity contribution in [3.63, 3.8) is 0 Å². The minimum atomic E-state index is -4.51. The Hall–Kier alpha value is -3.15. The molecule has 0 bridgehead atoms. The van der Waals surface area contributed by atoms with Gasteiger partial charge in [-0.3, -0.25) is 9.63 Å². The maximum absolute atomic E-state index is 12.7. The second-order valence-electron chi connectivity index (χ2n) is 6.72. The van der Waals surface area contributed by atoms with Gasteiger partial charge >= 0.3 is 6.18 Å². The van der Waals surface area contributed by atoms with Crippen LogP contribution in [0.3, 0.4) is 0 Å². The van der Waals surface area contributed by atoms with Gasteiger partial charge in [0, 0.05) is 23.3 Å². The molecule has 3 rings (SSSR count). The smallest absolute Gasteiger partial charge is 0.390 e. The number of hydrogen-bond donors (Lipinski definition) is 4. The van der Waals surface area contributed by atoms with Gasteiger partial charge in [-0.15, -0.1) is 0 Å². The Bertz CT molecular complexity index is 1100. The molecule has 0 spiro atoms. The van der Waals surface area contributed by atoms with Gasteiger partial charge in [-0.05, 0) is 36.2 Å². The lowest BCUT2D eigenvalue weighted by molar-refractivity contribution is -0.167. The summed E-state index contributed by atoms with van der Waals surface area (Å²) in [5.41, 5.74) is 4.59. The SMILES string of the molecule is Cc1c(C(=O)NCc2cccc(Cl)c2)[nH]c(CO)c1-c1ccnc(NOCC(F)(F)F)n1. The lowest BCUT2D eigenvalue weighted by atomic mass is 10.1. The van der Waals surface area contributed by atoms with Crippen molar-refractivity contribution in [3.8, 4) is 11.3 Å². The van der Waals surface area contributed by atoms with Crippen LogP contribution in [0, 0.1) is 6.92 Å². The van der Waals surface area contributed by atoms with Crippen LogP contribution in [0.15, 0.2) is 36.5 Å². The number of alkyl halides is 3. The van der Waals surface area contributed by atoms with E-state index in [1.165, 1.54) is 12.3 Å². The van der Waals surface area contributed by atoms with E-state index in [0.29, 0.717) is 21.8 Å². The van der Waals surface area contributed by atoms with Crippen molar-refractivity contribution in [2.75, 3.05) is 12.1 Å².